The van der Waals surface area contributed by atoms with Crippen molar-refractivity contribution in [3.8, 4) is 11.3 Å². The van der Waals surface area contributed by atoms with Crippen LogP contribution in [0.15, 0.2) is 94.7 Å². The molecule has 11 rings (SSSR count). The van der Waals surface area contributed by atoms with Crippen LogP contribution in [0, 0.1) is 30.6 Å². The van der Waals surface area contributed by atoms with E-state index < -0.39 is 108 Å². The number of hydrogen-bond donors (Lipinski definition) is 8. The smallest absolute Gasteiger partial charge is 0.407 e. The number of ketones is 2. The summed E-state index contributed by atoms with van der Waals surface area (Å²) in [6.45, 7) is 22.7. The zero-order valence-electron chi connectivity index (χ0n) is 74.3. The van der Waals surface area contributed by atoms with E-state index in [9.17, 15) is 54.3 Å². The number of nitrogen functional groups attached to an aromatic ring is 1. The van der Waals surface area contributed by atoms with Crippen LogP contribution >= 0.6 is 0 Å². The maximum atomic E-state index is 14.6. The molecule has 0 spiro atoms. The number of allylic oxidation sites excluding steroid dienone is 5. The Labute approximate surface area is 738 Å². The molecule has 34 heteroatoms. The van der Waals surface area contributed by atoms with Gasteiger partial charge < -0.3 is 104 Å². The van der Waals surface area contributed by atoms with Crippen molar-refractivity contribution in [3.63, 3.8) is 0 Å². The number of carbonyl (C=O) groups is 6. The first-order valence-corrected chi connectivity index (χ1v) is 45.0. The summed E-state index contributed by atoms with van der Waals surface area (Å²) in [5.74, 6) is -6.87. The largest absolute Gasteiger partial charge is 0.459 e. The number of methoxy groups -OCH3 is 1. The lowest BCUT2D eigenvalue weighted by molar-refractivity contribution is -0.245. The molecule has 0 unspecified atom stereocenters. The van der Waals surface area contributed by atoms with Crippen molar-refractivity contribution >= 4 is 63.4 Å². The lowest BCUT2D eigenvalue weighted by atomic mass is 9.80. The fraction of sp³-hybridized carbons (Fsp3) is 0.652. The van der Waals surface area contributed by atoms with Crippen LogP contribution in [0.3, 0.4) is 0 Å². The Hall–Kier alpha value is -8.40. The number of Topliss-reactive ketones (excluding diaryl/α,β-unsaturated/α-hetero) is 2. The number of esters is 1. The second-order valence-corrected chi connectivity index (χ2v) is 34.5. The number of alkyl carbamates (subject to hydrolysis) is 1. The first-order chi connectivity index (χ1) is 60.7. The Balaban J connectivity index is 0.512. The number of aromatic nitrogens is 5. The van der Waals surface area contributed by atoms with Gasteiger partial charge in [-0.15, -0.1) is 0 Å². The quantitative estimate of drug-likeness (QED) is 0.00995. The van der Waals surface area contributed by atoms with Crippen LogP contribution in [-0.4, -0.2) is 317 Å². The van der Waals surface area contributed by atoms with Crippen molar-refractivity contribution in [1.82, 2.24) is 49.6 Å². The topological polar surface area (TPSA) is 443 Å². The van der Waals surface area contributed by atoms with Gasteiger partial charge in [-0.3, -0.25) is 29.0 Å². The highest BCUT2D eigenvalue weighted by Gasteiger charge is 2.50. The number of aryl methyl sites for hydroxylation is 1. The minimum absolute atomic E-state index is 0.0115. The fourth-order valence-corrected chi connectivity index (χ4v) is 17.6. The van der Waals surface area contributed by atoms with Crippen LogP contribution in [-0.2, 0) is 90.9 Å². The van der Waals surface area contributed by atoms with Crippen molar-refractivity contribution in [3.05, 3.63) is 113 Å². The molecule has 3 aromatic heterocycles. The molecule has 10 N–H and O–H groups in total. The van der Waals surface area contributed by atoms with E-state index in [4.69, 9.17) is 68.4 Å². The number of amides is 3. The molecule has 2 bridgehead atoms. The van der Waals surface area contributed by atoms with E-state index in [-0.39, 0.29) is 81.5 Å². The minimum Gasteiger partial charge on any atom is -0.459 e. The molecule has 8 heterocycles. The number of anilines is 1. The number of cyclic esters (lactones) is 1. The van der Waals surface area contributed by atoms with Gasteiger partial charge in [-0.25, -0.2) is 29.2 Å². The molecule has 1 saturated carbocycles. The van der Waals surface area contributed by atoms with Gasteiger partial charge in [0.2, 0.25) is 11.7 Å². The maximum Gasteiger partial charge on any atom is 0.407 e. The molecule has 5 aromatic rings. The lowest BCUT2D eigenvalue weighted by Crippen LogP contribution is -2.58. The van der Waals surface area contributed by atoms with Crippen LogP contribution in [0.25, 0.3) is 33.4 Å². The maximum absolute atomic E-state index is 14.6. The highest BCUT2D eigenvalue weighted by Crippen LogP contribution is 2.37. The van der Waals surface area contributed by atoms with E-state index in [1.807, 2.05) is 78.9 Å². The molecule has 34 nitrogen and oxygen atoms in total. The Kier molecular flexibility index (Phi) is 38.1. The number of aliphatic hydroxyl groups excluding tert-OH is 4. The SMILES string of the molecule is CO[C@H]1C[C@@H]2CCC[C@@](O)(O2)C(=O)C(=O)N2CCCC[C@H]2C(=O)O[C@H]([C@H](N)C[C@@H]2CC[C@@H](OC(=O)NCCOCCOCCN3CCN(CCOCCOCCOCCOCCC(=O)N4CCc5cc(Cn6nc(-c7ccc8oc(C)nc8c7)c7c(N)ncnc76)ccc5C4)CC3)[C@H](O)C2)C[C@@H](O)[C@H](C)/C=C(\C)[C@@H](O)[C@@H](O)C(=O)[C@H](C)C[C@H](C)/C=C/C=C/C=C/1C. The number of nitrogens with two attached hydrogens (primary N) is 2. The number of piperazine rings is 1. The Bertz CT molecular complexity index is 4490. The van der Waals surface area contributed by atoms with Gasteiger partial charge in [0.25, 0.3) is 11.7 Å². The highest BCUT2D eigenvalue weighted by molar-refractivity contribution is 6.39. The van der Waals surface area contributed by atoms with Gasteiger partial charge in [-0.05, 0) is 142 Å². The van der Waals surface area contributed by atoms with Crippen molar-refractivity contribution in [2.24, 2.45) is 29.4 Å². The third kappa shape index (κ3) is 28.3. The summed E-state index contributed by atoms with van der Waals surface area (Å²) in [7, 11) is 1.55. The number of piperidine rings is 1. The van der Waals surface area contributed by atoms with Gasteiger partial charge in [0.1, 0.15) is 53.8 Å². The van der Waals surface area contributed by atoms with E-state index in [1.54, 1.807) is 34.0 Å². The van der Waals surface area contributed by atoms with Crippen LogP contribution < -0.4 is 16.8 Å². The average molecular weight is 1760 g/mol. The Morgan fingerprint density at radius 3 is 2.12 bits per heavy atom. The summed E-state index contributed by atoms with van der Waals surface area (Å²) >= 11 is 0. The normalized spacial score (nSPS) is 28.2. The number of hydrogen-bond acceptors (Lipinski definition) is 30. The number of ether oxygens (including phenoxy) is 10. The second kappa shape index (κ2) is 48.8. The van der Waals surface area contributed by atoms with E-state index in [2.05, 4.69) is 48.3 Å². The van der Waals surface area contributed by atoms with E-state index in [0.29, 0.717) is 178 Å². The van der Waals surface area contributed by atoms with Crippen molar-refractivity contribution in [2.45, 2.75) is 218 Å². The Morgan fingerprint density at radius 2 is 1.41 bits per heavy atom. The first kappa shape index (κ1) is 98.2. The molecule has 4 fully saturated rings. The van der Waals surface area contributed by atoms with Crippen molar-refractivity contribution < 1.29 is 106 Å². The van der Waals surface area contributed by atoms with Crippen LogP contribution in [0.2, 0.25) is 0 Å². The molecule has 0 radical (unpaired) electrons. The van der Waals surface area contributed by atoms with Crippen molar-refractivity contribution in [1.29, 1.82) is 0 Å². The van der Waals surface area contributed by atoms with Gasteiger partial charge in [0, 0.05) is 122 Å². The number of benzene rings is 2. The molecule has 6 aliphatic rings. The average Bonchev–Trinajstić information content (AvgIpc) is 1.65. The zero-order chi connectivity index (χ0) is 89.8. The summed E-state index contributed by atoms with van der Waals surface area (Å²) in [6, 6.07) is 9.90. The standard InChI is InChI=1S/C92H134N12O22/c1-59-14-9-8-10-15-60(2)78(116-7)54-70-16-13-26-92(115,126-70)86(111)89(112)103-28-12-11-17-73(103)90(113)124-79(55-74(105)61(3)49-63(5)84(109)85(110)83(108)62(4)48-59)71(93)51-65-19-22-77(75(106)52-65)125-91(114)95-27-37-118-41-42-119-38-34-100-30-32-101(33-31-100)35-39-120-43-45-122-47-46-121-44-40-117-36-25-80(107)102-29-24-67-50-66(18-20-69(67)57-102)56-104-88-81(87(94)96-58-97-88)82(99-104)68-21-23-76-72(53-68)98-64(6)123-76/h8-10,14-15,18,20-21,23,49-50,53,58-59,61-62,65,70-71,73-75,77-79,84-85,105-106,109-110,115H,11-13,16-17,19,22,24-48,51-52,54-57,93H2,1-7H3,(H,95,114)(H2,94,96,97)/b10-8+,14-9+,60-15+,63-49+/t59-,61-,62-,65+,70+,71-,73+,74-,75-,77-,78+,79+,84-,85+,92-/m1/s1. The third-order valence-electron chi connectivity index (χ3n) is 25.0. The highest BCUT2D eigenvalue weighted by atomic mass is 16.6. The fourth-order valence-electron chi connectivity index (χ4n) is 17.6. The van der Waals surface area contributed by atoms with Gasteiger partial charge in [-0.2, -0.15) is 5.10 Å². The zero-order valence-corrected chi connectivity index (χ0v) is 74.3. The molecule has 15 atom stereocenters. The number of nitrogens with one attached hydrogen (secondary N) is 1. The number of rotatable bonds is 32. The predicted molar refractivity (Wildman–Crippen MR) is 468 cm³/mol. The van der Waals surface area contributed by atoms with Crippen LogP contribution in [0.4, 0.5) is 10.6 Å². The summed E-state index contributed by atoms with van der Waals surface area (Å²) < 4.78 is 65.9. The van der Waals surface area contributed by atoms with Gasteiger partial charge >= 0.3 is 12.1 Å². The minimum atomic E-state index is -2.46. The molecule has 5 aliphatic heterocycles. The predicted octanol–water partition coefficient (Wildman–Crippen LogP) is 6.42. The lowest BCUT2D eigenvalue weighted by Gasteiger charge is -2.40. The van der Waals surface area contributed by atoms with E-state index >= 15 is 0 Å². The number of aliphatic hydroxyl groups is 5. The van der Waals surface area contributed by atoms with Gasteiger partial charge in [0.15, 0.2) is 22.9 Å². The number of nitrogens with zero attached hydrogens (tertiary/aromatic N) is 9. The summed E-state index contributed by atoms with van der Waals surface area (Å²) in [6.07, 6.45) is 7.20. The molecule has 126 heavy (non-hydrogen) atoms. The van der Waals surface area contributed by atoms with E-state index in [0.717, 1.165) is 78.4 Å². The molecule has 2 aromatic carbocycles. The first-order valence-electron chi connectivity index (χ1n) is 45.0. The number of fused-ring (bicyclic) bond motifs is 6. The van der Waals surface area contributed by atoms with Crippen LogP contribution in [0.5, 0.6) is 0 Å². The molecule has 694 valence electrons. The second-order valence-electron chi connectivity index (χ2n) is 34.5. The molecule has 3 saturated heterocycles. The summed E-state index contributed by atoms with van der Waals surface area (Å²) in [5.41, 5.74) is 21.4. The summed E-state index contributed by atoms with van der Waals surface area (Å²) in [4.78, 5) is 104. The Morgan fingerprint density at radius 1 is 0.714 bits per heavy atom. The molecule has 3 amide bonds. The monoisotopic (exact) mass is 1760 g/mol. The number of carbonyl (C=O) groups excluding carboxylic acids is 6. The molecular weight excluding hydrogens is 1630 g/mol. The van der Waals surface area contributed by atoms with E-state index in [1.165, 1.54) is 11.9 Å². The van der Waals surface area contributed by atoms with Crippen molar-refractivity contribution in [2.75, 3.05) is 151 Å². The molecular formula is C92H134N12O22. The van der Waals surface area contributed by atoms with Gasteiger partial charge in [-0.1, -0.05) is 75.4 Å². The molecule has 1 aliphatic carbocycles. The van der Waals surface area contributed by atoms with Gasteiger partial charge in [0.05, 0.1) is 122 Å². The number of oxazole rings is 1. The van der Waals surface area contributed by atoms with Crippen LogP contribution in [0.1, 0.15) is 147 Å². The third-order valence-corrected chi connectivity index (χ3v) is 25.0. The summed E-state index contributed by atoms with van der Waals surface area (Å²) in [5, 5.41) is 65.9.